The molecule has 1 amide bonds. The van der Waals surface area contributed by atoms with E-state index in [-0.39, 0.29) is 31.5 Å². The number of carbonyl (C=O) groups excluding carboxylic acids is 1. The summed E-state index contributed by atoms with van der Waals surface area (Å²) in [5.41, 5.74) is 0. The largest absolute Gasteiger partial charge is 0.357 e. The van der Waals surface area contributed by atoms with Crippen molar-refractivity contribution >= 4 is 48.3 Å². The van der Waals surface area contributed by atoms with Gasteiger partial charge in [-0.15, -0.1) is 0 Å². The molecule has 0 heterocycles. The van der Waals surface area contributed by atoms with Crippen LogP contribution in [0.3, 0.4) is 0 Å². The number of carbonyl (C=O) groups is 1. The lowest BCUT2D eigenvalue weighted by molar-refractivity contribution is -0.122. The topological polar surface area (TPSA) is 64.6 Å². The van der Waals surface area contributed by atoms with E-state index in [4.69, 9.17) is 43.9 Å². The van der Waals surface area contributed by atoms with E-state index in [9.17, 15) is 9.36 Å². The van der Waals surface area contributed by atoms with Crippen molar-refractivity contribution in [2.45, 2.75) is 43.7 Å². The molecule has 120 valence electrons. The monoisotopic (exact) mass is 367 g/mol. The molecule has 0 aromatic heterocycles. The number of hydrogen-bond acceptors (Lipinski definition) is 4. The smallest absolute Gasteiger partial charge is 0.339 e. The lowest BCUT2D eigenvalue weighted by Crippen LogP contribution is -2.44. The summed E-state index contributed by atoms with van der Waals surface area (Å²) in [5, 5.41) is 2.45. The van der Waals surface area contributed by atoms with Gasteiger partial charge in [0.05, 0.1) is 13.2 Å². The molecule has 0 spiro atoms. The van der Waals surface area contributed by atoms with Crippen molar-refractivity contribution in [2.24, 2.45) is 5.92 Å². The Morgan fingerprint density at radius 3 is 1.95 bits per heavy atom. The van der Waals surface area contributed by atoms with Crippen molar-refractivity contribution in [2.75, 3.05) is 13.2 Å². The van der Waals surface area contributed by atoms with E-state index in [1.54, 1.807) is 13.8 Å². The maximum atomic E-state index is 12.7. The van der Waals surface area contributed by atoms with Crippen molar-refractivity contribution in [3.8, 4) is 0 Å². The highest BCUT2D eigenvalue weighted by molar-refractivity contribution is 7.55. The van der Waals surface area contributed by atoms with Crippen molar-refractivity contribution < 1.29 is 18.4 Å². The predicted molar refractivity (Wildman–Crippen MR) is 82.5 cm³/mol. The third-order valence-electron chi connectivity index (χ3n) is 2.14. The molecular weight excluding hydrogens is 347 g/mol. The van der Waals surface area contributed by atoms with Crippen LogP contribution in [0.4, 0.5) is 0 Å². The van der Waals surface area contributed by atoms with Gasteiger partial charge in [0.1, 0.15) is 0 Å². The van der Waals surface area contributed by atoms with E-state index in [1.807, 2.05) is 13.8 Å². The highest BCUT2D eigenvalue weighted by Gasteiger charge is 2.49. The van der Waals surface area contributed by atoms with Crippen LogP contribution in [0, 0.1) is 5.92 Å². The molecule has 0 aromatic rings. The van der Waals surface area contributed by atoms with E-state index in [1.165, 1.54) is 0 Å². The Morgan fingerprint density at radius 2 is 1.65 bits per heavy atom. The fourth-order valence-corrected chi connectivity index (χ4v) is 4.46. The van der Waals surface area contributed by atoms with Crippen LogP contribution in [0.25, 0.3) is 0 Å². The fourth-order valence-electron chi connectivity index (χ4n) is 1.47. The van der Waals surface area contributed by atoms with Crippen LogP contribution in [0.15, 0.2) is 0 Å². The van der Waals surface area contributed by atoms with Gasteiger partial charge in [-0.3, -0.25) is 9.36 Å². The zero-order valence-electron chi connectivity index (χ0n) is 12.0. The van der Waals surface area contributed by atoms with Crippen LogP contribution in [-0.2, 0) is 18.4 Å². The number of nitrogens with one attached hydrogen (secondary N) is 1. The van der Waals surface area contributed by atoms with E-state index >= 15 is 0 Å². The number of hydrogen-bond donors (Lipinski definition) is 1. The molecule has 9 heteroatoms. The molecule has 0 aromatic carbocycles. The SMILES string of the molecule is CCOP(=O)(OCC)[C@@H](NC(=O)CC(C)C)C(Cl)(Cl)Cl. The maximum absolute atomic E-state index is 12.7. The Bertz CT molecular complexity index is 350. The van der Waals surface area contributed by atoms with Crippen LogP contribution in [0.5, 0.6) is 0 Å². The van der Waals surface area contributed by atoms with E-state index < -0.39 is 17.2 Å². The van der Waals surface area contributed by atoms with E-state index in [2.05, 4.69) is 5.32 Å². The van der Waals surface area contributed by atoms with Gasteiger partial charge in [0, 0.05) is 6.42 Å². The summed E-state index contributed by atoms with van der Waals surface area (Å²) < 4.78 is 20.9. The summed E-state index contributed by atoms with van der Waals surface area (Å²) in [7, 11) is -3.78. The molecule has 0 aliphatic rings. The molecule has 5 nitrogen and oxygen atoms in total. The Balaban J connectivity index is 5.22. The minimum Gasteiger partial charge on any atom is -0.339 e. The summed E-state index contributed by atoms with van der Waals surface area (Å²) in [6, 6.07) is 0. The fraction of sp³-hybridized carbons (Fsp3) is 0.909. The quantitative estimate of drug-likeness (QED) is 0.517. The van der Waals surface area contributed by atoms with Crippen molar-refractivity contribution in [3.05, 3.63) is 0 Å². The Labute approximate surface area is 135 Å². The molecule has 0 rings (SSSR count). The van der Waals surface area contributed by atoms with Gasteiger partial charge in [0.15, 0.2) is 5.78 Å². The first-order valence-electron chi connectivity index (χ1n) is 6.31. The van der Waals surface area contributed by atoms with Crippen molar-refractivity contribution in [3.63, 3.8) is 0 Å². The minimum absolute atomic E-state index is 0.106. The molecule has 0 unspecified atom stereocenters. The average Bonchev–Trinajstić information content (AvgIpc) is 2.24. The van der Waals surface area contributed by atoms with Crippen LogP contribution in [0.2, 0.25) is 0 Å². The zero-order valence-corrected chi connectivity index (χ0v) is 15.2. The maximum Gasteiger partial charge on any atom is 0.357 e. The molecule has 0 saturated carbocycles. The summed E-state index contributed by atoms with van der Waals surface area (Å²) in [6.45, 7) is 7.22. The predicted octanol–water partition coefficient (Wildman–Crippen LogP) is 4.11. The number of amides is 1. The first kappa shape index (κ1) is 20.5. The number of halogens is 3. The first-order chi connectivity index (χ1) is 9.06. The van der Waals surface area contributed by atoms with E-state index in [0.717, 1.165) is 0 Å². The molecule has 1 N–H and O–H groups in total. The first-order valence-corrected chi connectivity index (χ1v) is 9.06. The molecule has 0 aliphatic carbocycles. The van der Waals surface area contributed by atoms with Gasteiger partial charge in [-0.25, -0.2) is 0 Å². The molecule has 1 atom stereocenters. The van der Waals surface area contributed by atoms with Crippen molar-refractivity contribution in [1.82, 2.24) is 5.32 Å². The lowest BCUT2D eigenvalue weighted by atomic mass is 10.1. The Kier molecular flexibility index (Phi) is 9.03. The number of alkyl halides is 3. The summed E-state index contributed by atoms with van der Waals surface area (Å²) in [5.74, 6) is -1.62. The molecule has 0 fully saturated rings. The van der Waals surface area contributed by atoms with Crippen molar-refractivity contribution in [1.29, 1.82) is 0 Å². The van der Waals surface area contributed by atoms with Gasteiger partial charge in [-0.05, 0) is 19.8 Å². The summed E-state index contributed by atoms with van der Waals surface area (Å²) in [6.07, 6.45) is 0.218. The third kappa shape index (κ3) is 6.97. The molecular formula is C11H21Cl3NO4P. The normalized spacial score (nSPS) is 14.4. The summed E-state index contributed by atoms with van der Waals surface area (Å²) in [4.78, 5) is 11.8. The van der Waals surface area contributed by atoms with Gasteiger partial charge in [0.2, 0.25) is 9.70 Å². The highest BCUT2D eigenvalue weighted by atomic mass is 35.6. The van der Waals surface area contributed by atoms with Crippen LogP contribution in [0.1, 0.15) is 34.1 Å². The molecule has 0 bridgehead atoms. The molecule has 0 aliphatic heterocycles. The van der Waals surface area contributed by atoms with E-state index in [0.29, 0.717) is 0 Å². The Hall–Kier alpha value is 0.490. The lowest BCUT2D eigenvalue weighted by Gasteiger charge is -2.31. The van der Waals surface area contributed by atoms with Gasteiger partial charge >= 0.3 is 7.60 Å². The van der Waals surface area contributed by atoms with Crippen LogP contribution >= 0.6 is 42.4 Å². The zero-order chi connectivity index (χ0) is 16.0. The van der Waals surface area contributed by atoms with Gasteiger partial charge in [-0.1, -0.05) is 48.7 Å². The standard InChI is InChI=1S/C11H21Cl3NO4P/c1-5-18-20(17,19-6-2)10(11(12,13)14)15-9(16)7-8(3)4/h8,10H,5-7H2,1-4H3,(H,15,16)/t10-/m1/s1. The highest BCUT2D eigenvalue weighted by Crippen LogP contribution is 2.58. The van der Waals surface area contributed by atoms with Crippen LogP contribution < -0.4 is 5.32 Å². The van der Waals surface area contributed by atoms with Gasteiger partial charge in [-0.2, -0.15) is 0 Å². The summed E-state index contributed by atoms with van der Waals surface area (Å²) >= 11 is 17.5. The average molecular weight is 369 g/mol. The number of rotatable bonds is 8. The Morgan fingerprint density at radius 1 is 1.20 bits per heavy atom. The second-order valence-corrected chi connectivity index (χ2v) is 8.97. The van der Waals surface area contributed by atoms with Gasteiger partial charge in [0.25, 0.3) is 0 Å². The minimum atomic E-state index is -3.78. The second kappa shape index (κ2) is 8.82. The second-order valence-electron chi connectivity index (χ2n) is 4.49. The van der Waals surface area contributed by atoms with Gasteiger partial charge < -0.3 is 14.4 Å². The molecule has 20 heavy (non-hydrogen) atoms. The third-order valence-corrected chi connectivity index (χ3v) is 5.63. The molecule has 0 saturated heterocycles. The molecule has 0 radical (unpaired) electrons. The van der Waals surface area contributed by atoms with Crippen LogP contribution in [-0.4, -0.2) is 28.7 Å².